The van der Waals surface area contributed by atoms with Crippen molar-refractivity contribution in [2.45, 2.75) is 6.42 Å². The van der Waals surface area contributed by atoms with Crippen LogP contribution in [0.15, 0.2) is 22.9 Å². The minimum atomic E-state index is -1.15. The van der Waals surface area contributed by atoms with Crippen molar-refractivity contribution in [2.75, 3.05) is 7.11 Å². The first-order chi connectivity index (χ1) is 7.60. The first-order valence-corrected chi connectivity index (χ1v) is 5.30. The van der Waals surface area contributed by atoms with E-state index in [9.17, 15) is 9.90 Å². The van der Waals surface area contributed by atoms with Gasteiger partial charge in [0.15, 0.2) is 11.4 Å². The van der Waals surface area contributed by atoms with Crippen LogP contribution >= 0.6 is 15.9 Å². The molecule has 0 N–H and O–H groups in total. The van der Waals surface area contributed by atoms with Crippen LogP contribution in [0, 0.1) is 0 Å². The summed E-state index contributed by atoms with van der Waals surface area (Å²) < 4.78 is 7.69. The zero-order valence-corrected chi connectivity index (χ0v) is 13.0. The summed E-state index contributed by atoms with van der Waals surface area (Å²) in [5.41, 5.74) is 1.03. The maximum Gasteiger partial charge on any atom is 1.00 e. The summed E-state index contributed by atoms with van der Waals surface area (Å²) in [4.78, 5) is 14.6. The molecule has 0 atom stereocenters. The van der Waals surface area contributed by atoms with E-state index in [1.54, 1.807) is 22.9 Å². The average Bonchev–Trinajstić information content (AvgIpc) is 2.57. The Bertz CT molecular complexity index is 556. The minimum absolute atomic E-state index is 0. The van der Waals surface area contributed by atoms with Gasteiger partial charge >= 0.3 is 29.6 Å². The summed E-state index contributed by atoms with van der Waals surface area (Å²) in [7, 11) is 1.54. The number of nitrogens with zero attached hydrogens (tertiary/aromatic N) is 2. The number of ether oxygens (including phenoxy) is 1. The zero-order chi connectivity index (χ0) is 11.7. The third-order valence-electron chi connectivity index (χ3n) is 2.08. The molecule has 5 nitrogen and oxygen atoms in total. The number of aliphatic carboxylic acids is 1. The summed E-state index contributed by atoms with van der Waals surface area (Å²) >= 11 is 3.33. The minimum Gasteiger partial charge on any atom is -0.550 e. The first kappa shape index (κ1) is 14.5. The number of pyridine rings is 1. The van der Waals surface area contributed by atoms with Crippen LogP contribution in [-0.4, -0.2) is 22.5 Å². The summed E-state index contributed by atoms with van der Waals surface area (Å²) in [6, 6.07) is 1.77. The maximum atomic E-state index is 10.5. The number of carbonyl (C=O) groups is 1. The summed E-state index contributed by atoms with van der Waals surface area (Å²) in [6.45, 7) is 0. The smallest absolute Gasteiger partial charge is 0.550 e. The fourth-order valence-electron chi connectivity index (χ4n) is 1.47. The van der Waals surface area contributed by atoms with Crippen LogP contribution in [0.3, 0.4) is 0 Å². The van der Waals surface area contributed by atoms with Crippen molar-refractivity contribution >= 4 is 27.5 Å². The van der Waals surface area contributed by atoms with Crippen molar-refractivity contribution in [2.24, 2.45) is 0 Å². The van der Waals surface area contributed by atoms with Gasteiger partial charge in [0.2, 0.25) is 0 Å². The molecule has 17 heavy (non-hydrogen) atoms. The van der Waals surface area contributed by atoms with Crippen LogP contribution in [0.4, 0.5) is 0 Å². The molecule has 0 aromatic carbocycles. The maximum absolute atomic E-state index is 10.5. The number of carbonyl (C=O) groups excluding carboxylic acids is 1. The summed E-state index contributed by atoms with van der Waals surface area (Å²) in [5, 5.41) is 10.5. The molecule has 2 aromatic rings. The Balaban J connectivity index is 0.00000144. The topological polar surface area (TPSA) is 66.7 Å². The number of fused-ring (bicyclic) bond motifs is 1. The van der Waals surface area contributed by atoms with Crippen LogP contribution in [0.25, 0.3) is 5.65 Å². The van der Waals surface area contributed by atoms with Crippen molar-refractivity contribution in [3.63, 3.8) is 0 Å². The zero-order valence-electron chi connectivity index (χ0n) is 9.44. The van der Waals surface area contributed by atoms with E-state index in [-0.39, 0.29) is 36.0 Å². The van der Waals surface area contributed by atoms with Crippen molar-refractivity contribution in [1.82, 2.24) is 9.38 Å². The Morgan fingerprint density at radius 3 is 2.88 bits per heavy atom. The predicted molar refractivity (Wildman–Crippen MR) is 58.2 cm³/mol. The van der Waals surface area contributed by atoms with Crippen molar-refractivity contribution in [1.29, 1.82) is 0 Å². The number of hydrogen-bond acceptors (Lipinski definition) is 4. The largest absolute Gasteiger partial charge is 1.00 e. The van der Waals surface area contributed by atoms with E-state index in [0.717, 1.165) is 4.47 Å². The Morgan fingerprint density at radius 2 is 2.29 bits per heavy atom. The Hall–Kier alpha value is -0.560. The van der Waals surface area contributed by atoms with E-state index in [1.165, 1.54) is 7.11 Å². The molecule has 7 heteroatoms. The third kappa shape index (κ3) is 3.22. The summed E-state index contributed by atoms with van der Waals surface area (Å²) in [6.07, 6.45) is 3.21. The normalized spacial score (nSPS) is 10.0. The predicted octanol–water partition coefficient (Wildman–Crippen LogP) is -2.60. The average molecular weight is 307 g/mol. The van der Waals surface area contributed by atoms with Gasteiger partial charge in [-0.15, -0.1) is 0 Å². The van der Waals surface area contributed by atoms with E-state index >= 15 is 0 Å². The van der Waals surface area contributed by atoms with Crippen LogP contribution < -0.4 is 39.4 Å². The van der Waals surface area contributed by atoms with Gasteiger partial charge in [-0.05, 0) is 22.0 Å². The van der Waals surface area contributed by atoms with E-state index < -0.39 is 5.97 Å². The number of methoxy groups -OCH3 is 1. The van der Waals surface area contributed by atoms with Crippen molar-refractivity contribution in [3.05, 3.63) is 28.6 Å². The molecule has 0 aliphatic heterocycles. The van der Waals surface area contributed by atoms with E-state index in [1.807, 2.05) is 0 Å². The van der Waals surface area contributed by atoms with Gasteiger partial charge in [-0.1, -0.05) is 0 Å². The summed E-state index contributed by atoms with van der Waals surface area (Å²) in [5.74, 6) is -0.569. The number of rotatable bonds is 3. The standard InChI is InChI=1S/C10H9BrN2O3.Na/c1-16-8-2-6(11)4-13-5-7(3-9(14)15)12-10(8)13;/h2,4-5H,3H2,1H3,(H,14,15);/q;+1/p-1. The van der Waals surface area contributed by atoms with Crippen molar-refractivity contribution < 1.29 is 44.2 Å². The molecule has 0 saturated heterocycles. The molecular weight excluding hydrogens is 299 g/mol. The number of carboxylic acid groups (broad SMARTS) is 1. The molecule has 2 heterocycles. The molecular formula is C10H8BrN2NaO3. The van der Waals surface area contributed by atoms with E-state index in [4.69, 9.17) is 4.74 Å². The third-order valence-corrected chi connectivity index (χ3v) is 2.51. The first-order valence-electron chi connectivity index (χ1n) is 4.51. The molecule has 0 bridgehead atoms. The fourth-order valence-corrected chi connectivity index (χ4v) is 1.90. The van der Waals surface area contributed by atoms with Gasteiger partial charge in [0.05, 0.1) is 12.8 Å². The van der Waals surface area contributed by atoms with Crippen LogP contribution in [0.5, 0.6) is 5.75 Å². The van der Waals surface area contributed by atoms with Crippen molar-refractivity contribution in [3.8, 4) is 5.75 Å². The number of hydrogen-bond donors (Lipinski definition) is 0. The van der Waals surface area contributed by atoms with Crippen LogP contribution in [0.2, 0.25) is 0 Å². The van der Waals surface area contributed by atoms with Gasteiger partial charge < -0.3 is 19.0 Å². The number of imidazole rings is 1. The second-order valence-electron chi connectivity index (χ2n) is 3.24. The van der Waals surface area contributed by atoms with Gasteiger partial charge in [-0.25, -0.2) is 4.98 Å². The molecule has 0 saturated carbocycles. The molecule has 0 spiro atoms. The Kier molecular flexibility index (Phi) is 5.00. The monoisotopic (exact) mass is 306 g/mol. The number of carboxylic acids is 1. The van der Waals surface area contributed by atoms with Gasteiger partial charge in [-0.3, -0.25) is 0 Å². The van der Waals surface area contributed by atoms with E-state index in [0.29, 0.717) is 17.1 Å². The molecule has 0 aliphatic rings. The van der Waals surface area contributed by atoms with Crippen LogP contribution in [-0.2, 0) is 11.2 Å². The number of aromatic nitrogens is 2. The molecule has 2 aromatic heterocycles. The van der Waals surface area contributed by atoms with E-state index in [2.05, 4.69) is 20.9 Å². The molecule has 0 amide bonds. The molecule has 2 rings (SSSR count). The molecule has 0 fully saturated rings. The molecule has 0 unspecified atom stereocenters. The van der Waals surface area contributed by atoms with Gasteiger partial charge in [0.25, 0.3) is 0 Å². The quantitative estimate of drug-likeness (QED) is 0.584. The van der Waals surface area contributed by atoms with Gasteiger partial charge in [0.1, 0.15) is 0 Å². The van der Waals surface area contributed by atoms with Crippen LogP contribution in [0.1, 0.15) is 5.69 Å². The molecule has 0 aliphatic carbocycles. The Labute approximate surface area is 128 Å². The molecule has 0 radical (unpaired) electrons. The second kappa shape index (κ2) is 5.86. The second-order valence-corrected chi connectivity index (χ2v) is 4.15. The number of halogens is 1. The SMILES string of the molecule is COc1cc(Br)cn2cc(CC(=O)[O-])nc12.[Na+]. The van der Waals surface area contributed by atoms with Gasteiger partial charge in [0, 0.05) is 29.3 Å². The van der Waals surface area contributed by atoms with Gasteiger partial charge in [-0.2, -0.15) is 0 Å². The fraction of sp³-hybridized carbons (Fsp3) is 0.200. The molecule has 84 valence electrons. The Morgan fingerprint density at radius 1 is 1.59 bits per heavy atom.